The van der Waals surface area contributed by atoms with Gasteiger partial charge in [0.25, 0.3) is 0 Å². The molecule has 0 aromatic heterocycles. The van der Waals surface area contributed by atoms with E-state index in [1.54, 1.807) is 11.8 Å². The molecule has 0 heterocycles. The first kappa shape index (κ1) is 18.9. The number of aliphatic hydroxyl groups excluding tert-OH is 1. The standard InChI is InChI=1S/C18H29ClOS/c1-2-3-4-5-6-7-8-9-10-17(20)15-21-18-13-11-16(19)12-14-18/h11-14,17,20H,2-10,15H2,1H3. The van der Waals surface area contributed by atoms with Crippen LogP contribution < -0.4 is 0 Å². The molecule has 0 aliphatic heterocycles. The summed E-state index contributed by atoms with van der Waals surface area (Å²) in [5, 5.41) is 10.8. The maximum absolute atomic E-state index is 9.99. The number of hydrogen-bond acceptors (Lipinski definition) is 2. The predicted molar refractivity (Wildman–Crippen MR) is 95.4 cm³/mol. The Morgan fingerprint density at radius 1 is 0.952 bits per heavy atom. The fourth-order valence-electron chi connectivity index (χ4n) is 2.32. The molecule has 1 N–H and O–H groups in total. The van der Waals surface area contributed by atoms with E-state index < -0.39 is 0 Å². The van der Waals surface area contributed by atoms with E-state index in [4.69, 9.17) is 11.6 Å². The minimum atomic E-state index is -0.189. The van der Waals surface area contributed by atoms with E-state index in [2.05, 4.69) is 6.92 Å². The van der Waals surface area contributed by atoms with Gasteiger partial charge in [-0.3, -0.25) is 0 Å². The zero-order valence-electron chi connectivity index (χ0n) is 13.2. The number of unbranched alkanes of at least 4 members (excludes halogenated alkanes) is 7. The molecule has 1 nitrogen and oxygen atoms in total. The van der Waals surface area contributed by atoms with Gasteiger partial charge in [0.1, 0.15) is 0 Å². The van der Waals surface area contributed by atoms with Gasteiger partial charge < -0.3 is 5.11 Å². The lowest BCUT2D eigenvalue weighted by Gasteiger charge is -2.10. The monoisotopic (exact) mass is 328 g/mol. The van der Waals surface area contributed by atoms with Crippen LogP contribution in [0.3, 0.4) is 0 Å². The van der Waals surface area contributed by atoms with Gasteiger partial charge in [0.2, 0.25) is 0 Å². The van der Waals surface area contributed by atoms with Gasteiger partial charge in [0.05, 0.1) is 6.10 Å². The van der Waals surface area contributed by atoms with Gasteiger partial charge in [0.15, 0.2) is 0 Å². The van der Waals surface area contributed by atoms with Crippen LogP contribution in [0.1, 0.15) is 64.7 Å². The van der Waals surface area contributed by atoms with Gasteiger partial charge >= 0.3 is 0 Å². The summed E-state index contributed by atoms with van der Waals surface area (Å²) >= 11 is 7.56. The van der Waals surface area contributed by atoms with Gasteiger partial charge in [-0.1, -0.05) is 69.9 Å². The molecule has 0 fully saturated rings. The second-order valence-corrected chi connectivity index (χ2v) is 7.21. The minimum absolute atomic E-state index is 0.189. The molecule has 1 unspecified atom stereocenters. The molecule has 3 heteroatoms. The first-order valence-electron chi connectivity index (χ1n) is 8.28. The van der Waals surface area contributed by atoms with E-state index >= 15 is 0 Å². The molecule has 0 spiro atoms. The lowest BCUT2D eigenvalue weighted by Crippen LogP contribution is -2.09. The van der Waals surface area contributed by atoms with Crippen LogP contribution in [-0.2, 0) is 0 Å². The molecule has 0 saturated carbocycles. The summed E-state index contributed by atoms with van der Waals surface area (Å²) in [4.78, 5) is 1.18. The highest BCUT2D eigenvalue weighted by atomic mass is 35.5. The number of rotatable bonds is 12. The topological polar surface area (TPSA) is 20.2 Å². The predicted octanol–water partition coefficient (Wildman–Crippen LogP) is 6.32. The van der Waals surface area contributed by atoms with Crippen LogP contribution in [-0.4, -0.2) is 17.0 Å². The molecule has 1 aromatic carbocycles. The molecule has 1 rings (SSSR count). The molecule has 120 valence electrons. The van der Waals surface area contributed by atoms with Gasteiger partial charge in [0, 0.05) is 15.7 Å². The Kier molecular flexibility index (Phi) is 11.1. The van der Waals surface area contributed by atoms with Crippen molar-refractivity contribution in [1.29, 1.82) is 0 Å². The normalized spacial score (nSPS) is 12.5. The van der Waals surface area contributed by atoms with E-state index in [0.717, 1.165) is 23.6 Å². The molecule has 0 aliphatic rings. The summed E-state index contributed by atoms with van der Waals surface area (Å²) < 4.78 is 0. The third kappa shape index (κ3) is 10.2. The van der Waals surface area contributed by atoms with Crippen LogP contribution in [0.5, 0.6) is 0 Å². The Hall–Kier alpha value is -0.180. The molecular weight excluding hydrogens is 300 g/mol. The van der Waals surface area contributed by atoms with Crippen molar-refractivity contribution in [3.63, 3.8) is 0 Å². The summed E-state index contributed by atoms with van der Waals surface area (Å²) in [5.74, 6) is 0.776. The minimum Gasteiger partial charge on any atom is -0.392 e. The number of halogens is 1. The summed E-state index contributed by atoms with van der Waals surface area (Å²) in [6.07, 6.45) is 11.3. The molecule has 0 saturated heterocycles. The van der Waals surface area contributed by atoms with Crippen molar-refractivity contribution in [2.24, 2.45) is 0 Å². The van der Waals surface area contributed by atoms with Crippen LogP contribution in [0.15, 0.2) is 29.2 Å². The van der Waals surface area contributed by atoms with Crippen molar-refractivity contribution in [3.05, 3.63) is 29.3 Å². The first-order valence-corrected chi connectivity index (χ1v) is 9.65. The van der Waals surface area contributed by atoms with Crippen LogP contribution in [0.25, 0.3) is 0 Å². The third-order valence-electron chi connectivity index (χ3n) is 3.65. The molecule has 0 amide bonds. The van der Waals surface area contributed by atoms with E-state index in [0.29, 0.717) is 0 Å². The molecule has 21 heavy (non-hydrogen) atoms. The third-order valence-corrected chi connectivity index (χ3v) is 5.06. The van der Waals surface area contributed by atoms with Crippen LogP contribution in [0, 0.1) is 0 Å². The van der Waals surface area contributed by atoms with Crippen molar-refractivity contribution < 1.29 is 5.11 Å². The zero-order valence-corrected chi connectivity index (χ0v) is 14.8. The van der Waals surface area contributed by atoms with Gasteiger partial charge in [-0.15, -0.1) is 11.8 Å². The van der Waals surface area contributed by atoms with Crippen LogP contribution in [0.4, 0.5) is 0 Å². The van der Waals surface area contributed by atoms with Gasteiger partial charge in [-0.2, -0.15) is 0 Å². The average Bonchev–Trinajstić information content (AvgIpc) is 2.49. The number of thioether (sulfide) groups is 1. The Morgan fingerprint density at radius 2 is 1.52 bits per heavy atom. The van der Waals surface area contributed by atoms with Crippen LogP contribution >= 0.6 is 23.4 Å². The smallest absolute Gasteiger partial charge is 0.0634 e. The zero-order chi connectivity index (χ0) is 15.3. The second kappa shape index (κ2) is 12.4. The highest BCUT2D eigenvalue weighted by molar-refractivity contribution is 7.99. The highest BCUT2D eigenvalue weighted by Gasteiger charge is 2.05. The van der Waals surface area contributed by atoms with E-state index in [1.807, 2.05) is 24.3 Å². The van der Waals surface area contributed by atoms with Gasteiger partial charge in [-0.05, 0) is 30.7 Å². The Bertz CT molecular complexity index is 353. The highest BCUT2D eigenvalue weighted by Crippen LogP contribution is 2.22. The molecule has 0 bridgehead atoms. The second-order valence-electron chi connectivity index (χ2n) is 5.68. The fraction of sp³-hybridized carbons (Fsp3) is 0.667. The average molecular weight is 329 g/mol. The Labute approximate surface area is 139 Å². The molecule has 0 radical (unpaired) electrons. The van der Waals surface area contributed by atoms with E-state index in [1.165, 1.54) is 49.8 Å². The summed E-state index contributed by atoms with van der Waals surface area (Å²) in [7, 11) is 0. The molecule has 1 atom stereocenters. The lowest BCUT2D eigenvalue weighted by molar-refractivity contribution is 0.185. The number of benzene rings is 1. The van der Waals surface area contributed by atoms with Crippen molar-refractivity contribution in [1.82, 2.24) is 0 Å². The van der Waals surface area contributed by atoms with Crippen LogP contribution in [0.2, 0.25) is 5.02 Å². The van der Waals surface area contributed by atoms with Crippen molar-refractivity contribution in [2.75, 3.05) is 5.75 Å². The number of aliphatic hydroxyl groups is 1. The summed E-state index contributed by atoms with van der Waals surface area (Å²) in [5.41, 5.74) is 0. The first-order chi connectivity index (χ1) is 10.2. The number of hydrogen-bond donors (Lipinski definition) is 1. The van der Waals surface area contributed by atoms with Crippen molar-refractivity contribution in [3.8, 4) is 0 Å². The summed E-state index contributed by atoms with van der Waals surface area (Å²) in [6, 6.07) is 7.82. The van der Waals surface area contributed by atoms with E-state index in [9.17, 15) is 5.11 Å². The maximum Gasteiger partial charge on any atom is 0.0634 e. The summed E-state index contributed by atoms with van der Waals surface area (Å²) in [6.45, 7) is 2.25. The van der Waals surface area contributed by atoms with E-state index in [-0.39, 0.29) is 6.10 Å². The maximum atomic E-state index is 9.99. The van der Waals surface area contributed by atoms with Crippen molar-refractivity contribution in [2.45, 2.75) is 75.7 Å². The Morgan fingerprint density at radius 3 is 2.14 bits per heavy atom. The SMILES string of the molecule is CCCCCCCCCCC(O)CSc1ccc(Cl)cc1. The fourth-order valence-corrected chi connectivity index (χ4v) is 3.33. The quantitative estimate of drug-likeness (QED) is 0.357. The van der Waals surface area contributed by atoms with Gasteiger partial charge in [-0.25, -0.2) is 0 Å². The van der Waals surface area contributed by atoms with Crippen molar-refractivity contribution >= 4 is 23.4 Å². The lowest BCUT2D eigenvalue weighted by atomic mass is 10.1. The Balaban J connectivity index is 1.96. The molecule has 0 aliphatic carbocycles. The largest absolute Gasteiger partial charge is 0.392 e. The molecular formula is C18H29ClOS. The molecule has 1 aromatic rings.